The van der Waals surface area contributed by atoms with Crippen LogP contribution in [0.25, 0.3) is 5.69 Å². The topological polar surface area (TPSA) is 89.7 Å². The number of halogens is 3. The molecule has 0 saturated heterocycles. The zero-order chi connectivity index (χ0) is 22.6. The molecule has 0 fully saturated rings. The largest absolute Gasteiger partial charge is 0.419 e. The summed E-state index contributed by atoms with van der Waals surface area (Å²) >= 11 is 0. The van der Waals surface area contributed by atoms with Gasteiger partial charge in [0.1, 0.15) is 18.5 Å². The van der Waals surface area contributed by atoms with Crippen molar-refractivity contribution in [1.82, 2.24) is 34.6 Å². The van der Waals surface area contributed by atoms with Gasteiger partial charge in [-0.2, -0.15) is 18.3 Å². The van der Waals surface area contributed by atoms with Crippen molar-refractivity contribution < 1.29 is 18.0 Å². The first-order chi connectivity index (χ1) is 14.7. The predicted octanol–water partition coefficient (Wildman–Crippen LogP) is 3.26. The molecule has 0 radical (unpaired) electrons. The van der Waals surface area contributed by atoms with Crippen molar-refractivity contribution in [2.45, 2.75) is 45.3 Å². The number of carbonyl (C=O) groups excluding carboxylic acids is 1. The molecular formula is C20H22F3N7O. The smallest absolute Gasteiger partial charge is 0.337 e. The number of hydrogen-bond acceptors (Lipinski definition) is 6. The number of pyridine rings is 1. The molecule has 3 aromatic heterocycles. The van der Waals surface area contributed by atoms with E-state index in [9.17, 15) is 18.0 Å². The summed E-state index contributed by atoms with van der Waals surface area (Å²) in [7, 11) is 1.68. The van der Waals surface area contributed by atoms with Gasteiger partial charge in [-0.3, -0.25) is 4.79 Å². The van der Waals surface area contributed by atoms with Gasteiger partial charge in [-0.05, 0) is 31.9 Å². The molecule has 0 N–H and O–H groups in total. The third kappa shape index (κ3) is 5.22. The summed E-state index contributed by atoms with van der Waals surface area (Å²) in [6.45, 7) is 3.73. The second-order valence-electron chi connectivity index (χ2n) is 7.06. The number of nitrogens with zero attached hydrogens (tertiary/aromatic N) is 7. The summed E-state index contributed by atoms with van der Waals surface area (Å²) in [5.41, 5.74) is 0.562. The van der Waals surface area contributed by atoms with E-state index >= 15 is 0 Å². The van der Waals surface area contributed by atoms with Crippen LogP contribution in [0.2, 0.25) is 0 Å². The monoisotopic (exact) mass is 433 g/mol. The molecule has 0 aromatic carbocycles. The minimum Gasteiger partial charge on any atom is -0.337 e. The molecule has 164 valence electrons. The number of alkyl halides is 3. The van der Waals surface area contributed by atoms with Gasteiger partial charge >= 0.3 is 6.18 Å². The molecule has 1 atom stereocenters. The molecule has 0 aliphatic rings. The molecule has 3 aromatic rings. The minimum atomic E-state index is -4.47. The second-order valence-corrected chi connectivity index (χ2v) is 7.06. The Balaban J connectivity index is 1.74. The number of hydrogen-bond donors (Lipinski definition) is 0. The maximum atomic E-state index is 13.2. The molecule has 0 aliphatic carbocycles. The lowest BCUT2D eigenvalue weighted by Crippen LogP contribution is -2.38. The molecule has 11 heteroatoms. The summed E-state index contributed by atoms with van der Waals surface area (Å²) in [5.74, 6) is 0.0127. The van der Waals surface area contributed by atoms with E-state index in [1.54, 1.807) is 31.0 Å². The molecule has 0 bridgehead atoms. The SMILES string of the molecule is CC[C@@H](CCc1ncc(C(F)(F)F)cn1)N(C)C(=O)c1nc(C)ccc1-n1cncn1. The Hall–Kier alpha value is -3.37. The molecule has 3 heterocycles. The fourth-order valence-electron chi connectivity index (χ4n) is 3.15. The summed E-state index contributed by atoms with van der Waals surface area (Å²) < 4.78 is 39.5. The number of rotatable bonds is 7. The molecule has 8 nitrogen and oxygen atoms in total. The van der Waals surface area contributed by atoms with Gasteiger partial charge in [0.15, 0.2) is 5.69 Å². The van der Waals surface area contributed by atoms with E-state index in [0.717, 1.165) is 12.4 Å². The Morgan fingerprint density at radius 2 is 1.94 bits per heavy atom. The molecule has 0 unspecified atom stereocenters. The van der Waals surface area contributed by atoms with Crippen molar-refractivity contribution in [1.29, 1.82) is 0 Å². The summed E-state index contributed by atoms with van der Waals surface area (Å²) in [6, 6.07) is 3.37. The average Bonchev–Trinajstić information content (AvgIpc) is 3.27. The number of amides is 1. The van der Waals surface area contributed by atoms with Crippen LogP contribution in [0.4, 0.5) is 13.2 Å². The van der Waals surface area contributed by atoms with E-state index in [-0.39, 0.29) is 17.6 Å². The Bertz CT molecular complexity index is 1020. The van der Waals surface area contributed by atoms with Gasteiger partial charge in [0.05, 0.1) is 11.3 Å². The average molecular weight is 433 g/mol. The second kappa shape index (κ2) is 9.19. The maximum Gasteiger partial charge on any atom is 0.419 e. The number of aromatic nitrogens is 6. The predicted molar refractivity (Wildman–Crippen MR) is 105 cm³/mol. The van der Waals surface area contributed by atoms with Crippen molar-refractivity contribution in [3.05, 3.63) is 60.0 Å². The van der Waals surface area contributed by atoms with Crippen LogP contribution >= 0.6 is 0 Å². The Morgan fingerprint density at radius 1 is 1.23 bits per heavy atom. The molecule has 31 heavy (non-hydrogen) atoms. The fraction of sp³-hybridized carbons (Fsp3) is 0.400. The molecular weight excluding hydrogens is 411 g/mol. The van der Waals surface area contributed by atoms with Crippen LogP contribution in [0.5, 0.6) is 0 Å². The first-order valence-corrected chi connectivity index (χ1v) is 9.68. The first-order valence-electron chi connectivity index (χ1n) is 9.68. The third-order valence-electron chi connectivity index (χ3n) is 4.95. The van der Waals surface area contributed by atoms with Gasteiger partial charge in [0.25, 0.3) is 5.91 Å². The summed E-state index contributed by atoms with van der Waals surface area (Å²) in [6.07, 6.45) is 1.42. The Kier molecular flexibility index (Phi) is 6.62. The standard InChI is InChI=1S/C20H22F3N7O/c1-4-15(6-8-17-25-9-14(10-26-17)20(21,22)23)29(3)19(31)18-16(7-5-13(2)28-18)30-12-24-11-27-30/h5,7,9-12,15H,4,6,8H2,1-3H3/t15-/m0/s1. The van der Waals surface area contributed by atoms with Gasteiger partial charge in [-0.15, -0.1) is 0 Å². The number of carbonyl (C=O) groups is 1. The zero-order valence-corrected chi connectivity index (χ0v) is 17.3. The summed E-state index contributed by atoms with van der Waals surface area (Å²) in [5, 5.41) is 4.08. The van der Waals surface area contributed by atoms with Gasteiger partial charge in [-0.25, -0.2) is 24.6 Å². The van der Waals surface area contributed by atoms with E-state index in [4.69, 9.17) is 0 Å². The highest BCUT2D eigenvalue weighted by atomic mass is 19.4. The van der Waals surface area contributed by atoms with E-state index < -0.39 is 11.7 Å². The Labute approximate surface area is 177 Å². The van der Waals surface area contributed by atoms with Crippen molar-refractivity contribution in [2.75, 3.05) is 7.05 Å². The lowest BCUT2D eigenvalue weighted by molar-refractivity contribution is -0.138. The summed E-state index contributed by atoms with van der Waals surface area (Å²) in [4.78, 5) is 30.8. The lowest BCUT2D eigenvalue weighted by atomic mass is 10.1. The maximum absolute atomic E-state index is 13.2. The zero-order valence-electron chi connectivity index (χ0n) is 17.3. The van der Waals surface area contributed by atoms with Crippen LogP contribution in [-0.2, 0) is 12.6 Å². The van der Waals surface area contributed by atoms with Gasteiger partial charge in [0, 0.05) is 37.6 Å². The van der Waals surface area contributed by atoms with E-state index in [0.29, 0.717) is 36.5 Å². The van der Waals surface area contributed by atoms with E-state index in [1.165, 1.54) is 17.3 Å². The quantitative estimate of drug-likeness (QED) is 0.568. The van der Waals surface area contributed by atoms with Crippen molar-refractivity contribution in [3.63, 3.8) is 0 Å². The van der Waals surface area contributed by atoms with Gasteiger partial charge in [0.2, 0.25) is 0 Å². The highest BCUT2D eigenvalue weighted by Crippen LogP contribution is 2.27. The molecule has 0 spiro atoms. The van der Waals surface area contributed by atoms with Crippen LogP contribution in [-0.4, -0.2) is 53.6 Å². The van der Waals surface area contributed by atoms with Crippen LogP contribution in [0.15, 0.2) is 37.2 Å². The van der Waals surface area contributed by atoms with E-state index in [2.05, 4.69) is 25.0 Å². The molecule has 0 saturated carbocycles. The highest BCUT2D eigenvalue weighted by molar-refractivity contribution is 5.95. The van der Waals surface area contributed by atoms with Crippen LogP contribution in [0, 0.1) is 6.92 Å². The third-order valence-corrected chi connectivity index (χ3v) is 4.95. The molecule has 3 rings (SSSR count). The fourth-order valence-corrected chi connectivity index (χ4v) is 3.15. The molecule has 0 aliphatic heterocycles. The molecule has 1 amide bonds. The van der Waals surface area contributed by atoms with Crippen molar-refractivity contribution >= 4 is 5.91 Å². The van der Waals surface area contributed by atoms with E-state index in [1.807, 2.05) is 6.92 Å². The lowest BCUT2D eigenvalue weighted by Gasteiger charge is -2.27. The number of aryl methyl sites for hydroxylation is 2. The van der Waals surface area contributed by atoms with Gasteiger partial charge in [-0.1, -0.05) is 6.92 Å². The van der Waals surface area contributed by atoms with Crippen LogP contribution < -0.4 is 0 Å². The van der Waals surface area contributed by atoms with Gasteiger partial charge < -0.3 is 4.90 Å². The Morgan fingerprint density at radius 3 is 2.52 bits per heavy atom. The normalized spacial score (nSPS) is 12.6. The van der Waals surface area contributed by atoms with Crippen LogP contribution in [0.1, 0.15) is 47.3 Å². The van der Waals surface area contributed by atoms with Crippen molar-refractivity contribution in [3.8, 4) is 5.69 Å². The highest BCUT2D eigenvalue weighted by Gasteiger charge is 2.31. The van der Waals surface area contributed by atoms with Crippen LogP contribution in [0.3, 0.4) is 0 Å². The van der Waals surface area contributed by atoms with Crippen molar-refractivity contribution in [2.24, 2.45) is 0 Å². The minimum absolute atomic E-state index is 0.177. The first kappa shape index (κ1) is 22.3.